The summed E-state index contributed by atoms with van der Waals surface area (Å²) in [6.45, 7) is 6.89. The van der Waals surface area contributed by atoms with E-state index in [9.17, 15) is 15.0 Å². The number of aliphatic hydroxyl groups is 2. The zero-order valence-electron chi connectivity index (χ0n) is 15.5. The lowest BCUT2D eigenvalue weighted by Crippen LogP contribution is -2.61. The Labute approximate surface area is 149 Å². The molecule has 1 saturated heterocycles. The molecule has 2 heterocycles. The highest BCUT2D eigenvalue weighted by atomic mass is 16.5. The second kappa shape index (κ2) is 5.54. The van der Waals surface area contributed by atoms with Crippen molar-refractivity contribution >= 4 is 5.97 Å². The van der Waals surface area contributed by atoms with E-state index in [-0.39, 0.29) is 35.6 Å². The molecule has 140 valence electrons. The molecule has 0 aromatic rings. The number of hydrogen-bond donors (Lipinski definition) is 2. The summed E-state index contributed by atoms with van der Waals surface area (Å²) < 4.78 is 11.5. The lowest BCUT2D eigenvalue weighted by Gasteiger charge is -2.61. The number of carbonyl (C=O) groups excluding carboxylic acids is 1. The lowest BCUT2D eigenvalue weighted by atomic mass is 9.44. The van der Waals surface area contributed by atoms with E-state index in [0.717, 1.165) is 25.7 Å². The van der Waals surface area contributed by atoms with Crippen LogP contribution < -0.4 is 0 Å². The van der Waals surface area contributed by atoms with Crippen LogP contribution in [0.3, 0.4) is 0 Å². The maximum atomic E-state index is 12.0. The molecule has 0 radical (unpaired) electrons. The van der Waals surface area contributed by atoms with Crippen LogP contribution in [-0.2, 0) is 14.3 Å². The standard InChI is InChI=1S/C20H30O5/c1-18-7-5-16(22)19(2,11-21)14(18)4-8-20(3)15(18)10-13(25-20)12-6-9-24-17(12)23/h6,13-16,21-22H,4-5,7-11H2,1-3H3/t13-,14+,15-,16-,18+,19+,20+/m0/s1. The summed E-state index contributed by atoms with van der Waals surface area (Å²) in [5, 5.41) is 20.7. The first-order valence-corrected chi connectivity index (χ1v) is 9.58. The molecule has 5 nitrogen and oxygen atoms in total. The molecule has 0 unspecified atom stereocenters. The number of carbonyl (C=O) groups is 1. The molecule has 25 heavy (non-hydrogen) atoms. The normalized spacial score (nSPS) is 52.4. The summed E-state index contributed by atoms with van der Waals surface area (Å²) in [5.41, 5.74) is -0.0332. The molecule has 0 amide bonds. The van der Waals surface area contributed by atoms with Crippen molar-refractivity contribution in [3.63, 3.8) is 0 Å². The number of cyclic esters (lactones) is 1. The van der Waals surface area contributed by atoms with Crippen molar-refractivity contribution in [3.05, 3.63) is 11.6 Å². The molecule has 0 aromatic carbocycles. The van der Waals surface area contributed by atoms with Crippen molar-refractivity contribution in [2.24, 2.45) is 22.7 Å². The monoisotopic (exact) mass is 350 g/mol. The van der Waals surface area contributed by atoms with Crippen LogP contribution in [0.25, 0.3) is 0 Å². The zero-order chi connectivity index (χ0) is 18.0. The molecule has 7 atom stereocenters. The third-order valence-electron chi connectivity index (χ3n) is 8.07. The van der Waals surface area contributed by atoms with E-state index >= 15 is 0 Å². The SMILES string of the molecule is C[C@@]1(CO)[C@@H]2CC[C@@]3(C)O[C@H](C4=CCOC4=O)C[C@H]3[C@]2(C)CC[C@@H]1O. The highest BCUT2D eigenvalue weighted by molar-refractivity contribution is 5.91. The smallest absolute Gasteiger partial charge is 0.336 e. The zero-order valence-corrected chi connectivity index (χ0v) is 15.5. The lowest BCUT2D eigenvalue weighted by molar-refractivity contribution is -0.197. The highest BCUT2D eigenvalue weighted by Gasteiger charge is 2.65. The largest absolute Gasteiger partial charge is 0.458 e. The van der Waals surface area contributed by atoms with Crippen LogP contribution in [0.4, 0.5) is 0 Å². The van der Waals surface area contributed by atoms with E-state index in [2.05, 4.69) is 13.8 Å². The summed E-state index contributed by atoms with van der Waals surface area (Å²) in [6.07, 6.45) is 5.53. The number of esters is 1. The fourth-order valence-corrected chi connectivity index (χ4v) is 6.61. The topological polar surface area (TPSA) is 76.0 Å². The fourth-order valence-electron chi connectivity index (χ4n) is 6.61. The van der Waals surface area contributed by atoms with E-state index in [1.165, 1.54) is 0 Å². The summed E-state index contributed by atoms with van der Waals surface area (Å²) >= 11 is 0. The first kappa shape index (κ1) is 17.5. The summed E-state index contributed by atoms with van der Waals surface area (Å²) in [7, 11) is 0. The third kappa shape index (κ3) is 2.28. The molecular formula is C20H30O5. The Morgan fingerprint density at radius 1 is 1.20 bits per heavy atom. The van der Waals surface area contributed by atoms with Crippen LogP contribution in [-0.4, -0.2) is 47.2 Å². The summed E-state index contributed by atoms with van der Waals surface area (Å²) in [5.74, 6) is 0.336. The van der Waals surface area contributed by atoms with Crippen LogP contribution in [0.1, 0.15) is 52.9 Å². The Morgan fingerprint density at radius 3 is 2.60 bits per heavy atom. The van der Waals surface area contributed by atoms with Gasteiger partial charge in [-0.1, -0.05) is 13.8 Å². The molecule has 2 aliphatic heterocycles. The third-order valence-corrected chi connectivity index (χ3v) is 8.07. The second-order valence-electron chi connectivity index (χ2n) is 9.28. The maximum Gasteiger partial charge on any atom is 0.336 e. The number of fused-ring (bicyclic) bond motifs is 3. The van der Waals surface area contributed by atoms with Gasteiger partial charge in [-0.2, -0.15) is 0 Å². The minimum absolute atomic E-state index is 0.00152. The van der Waals surface area contributed by atoms with Crippen LogP contribution in [0, 0.1) is 22.7 Å². The molecule has 2 aliphatic carbocycles. The van der Waals surface area contributed by atoms with Crippen molar-refractivity contribution in [1.29, 1.82) is 0 Å². The van der Waals surface area contributed by atoms with Gasteiger partial charge in [0.15, 0.2) is 0 Å². The van der Waals surface area contributed by atoms with Gasteiger partial charge < -0.3 is 19.7 Å². The Hall–Kier alpha value is -0.910. The van der Waals surface area contributed by atoms with Crippen LogP contribution in [0.5, 0.6) is 0 Å². The number of aliphatic hydroxyl groups excluding tert-OH is 2. The van der Waals surface area contributed by atoms with Gasteiger partial charge in [-0.15, -0.1) is 0 Å². The molecule has 2 saturated carbocycles. The minimum atomic E-state index is -0.460. The number of ether oxygens (including phenoxy) is 2. The molecule has 3 fully saturated rings. The van der Waals surface area contributed by atoms with Crippen LogP contribution in [0.2, 0.25) is 0 Å². The maximum absolute atomic E-state index is 12.0. The van der Waals surface area contributed by atoms with Gasteiger partial charge in [-0.3, -0.25) is 0 Å². The fraction of sp³-hybridized carbons (Fsp3) is 0.850. The molecule has 2 N–H and O–H groups in total. The van der Waals surface area contributed by atoms with Gasteiger partial charge in [0, 0.05) is 5.41 Å². The first-order valence-electron chi connectivity index (χ1n) is 9.58. The summed E-state index contributed by atoms with van der Waals surface area (Å²) in [6, 6.07) is 0. The molecule has 0 spiro atoms. The number of hydrogen-bond acceptors (Lipinski definition) is 5. The Kier molecular flexibility index (Phi) is 3.88. The molecule has 0 bridgehead atoms. The number of rotatable bonds is 2. The molecule has 4 aliphatic rings. The predicted octanol–water partition coefficient (Wildman–Crippen LogP) is 2.20. The van der Waals surface area contributed by atoms with Gasteiger partial charge in [-0.05, 0) is 62.4 Å². The van der Waals surface area contributed by atoms with Crippen molar-refractivity contribution in [2.45, 2.75) is 70.7 Å². The van der Waals surface area contributed by atoms with Crippen LogP contribution in [0.15, 0.2) is 11.6 Å². The van der Waals surface area contributed by atoms with Crippen molar-refractivity contribution < 1.29 is 24.5 Å². The Balaban J connectivity index is 1.67. The van der Waals surface area contributed by atoms with Gasteiger partial charge >= 0.3 is 5.97 Å². The van der Waals surface area contributed by atoms with E-state index in [0.29, 0.717) is 24.5 Å². The quantitative estimate of drug-likeness (QED) is 0.747. The van der Waals surface area contributed by atoms with E-state index < -0.39 is 11.5 Å². The minimum Gasteiger partial charge on any atom is -0.458 e. The predicted molar refractivity (Wildman–Crippen MR) is 91.7 cm³/mol. The first-order chi connectivity index (χ1) is 11.7. The van der Waals surface area contributed by atoms with Gasteiger partial charge in [0.25, 0.3) is 0 Å². The average Bonchev–Trinajstić information content (AvgIpc) is 3.15. The van der Waals surface area contributed by atoms with Gasteiger partial charge in [0.05, 0.1) is 30.0 Å². The Bertz CT molecular complexity index is 615. The van der Waals surface area contributed by atoms with Crippen molar-refractivity contribution in [2.75, 3.05) is 13.2 Å². The van der Waals surface area contributed by atoms with Gasteiger partial charge in [-0.25, -0.2) is 4.79 Å². The molecule has 5 heteroatoms. The average molecular weight is 350 g/mol. The van der Waals surface area contributed by atoms with Gasteiger partial charge in [0.2, 0.25) is 0 Å². The van der Waals surface area contributed by atoms with E-state index in [1.54, 1.807) is 0 Å². The van der Waals surface area contributed by atoms with Crippen molar-refractivity contribution in [1.82, 2.24) is 0 Å². The molecule has 0 aromatic heterocycles. The Morgan fingerprint density at radius 2 is 1.96 bits per heavy atom. The van der Waals surface area contributed by atoms with E-state index in [4.69, 9.17) is 9.47 Å². The van der Waals surface area contributed by atoms with Crippen molar-refractivity contribution in [3.8, 4) is 0 Å². The van der Waals surface area contributed by atoms with E-state index in [1.807, 2.05) is 13.0 Å². The summed E-state index contributed by atoms with van der Waals surface area (Å²) in [4.78, 5) is 12.0. The van der Waals surface area contributed by atoms with Gasteiger partial charge in [0.1, 0.15) is 6.61 Å². The second-order valence-corrected chi connectivity index (χ2v) is 9.28. The highest BCUT2D eigenvalue weighted by Crippen LogP contribution is 2.66. The molecular weight excluding hydrogens is 320 g/mol. The van der Waals surface area contributed by atoms with Crippen LogP contribution >= 0.6 is 0 Å². The molecule has 4 rings (SSSR count).